The van der Waals surface area contributed by atoms with Crippen molar-refractivity contribution in [3.63, 3.8) is 0 Å². The van der Waals surface area contributed by atoms with Gasteiger partial charge in [0, 0.05) is 19.0 Å². The van der Waals surface area contributed by atoms with E-state index >= 15 is 0 Å². The fourth-order valence-electron chi connectivity index (χ4n) is 3.79. The number of hydrogen-bond acceptors (Lipinski definition) is 3. The second-order valence-electron chi connectivity index (χ2n) is 8.31. The standard InChI is InChI=1S/C25H49NO3/c1-5-9-11-12-13-14-15-16-17-18-21-26(22-20-24(27)29-8-4)25(28)23(7-3)19-10-6-2/h23H,5-22H2,1-4H3. The summed E-state index contributed by atoms with van der Waals surface area (Å²) in [5.41, 5.74) is 0. The summed E-state index contributed by atoms with van der Waals surface area (Å²) in [6.07, 6.45) is 17.2. The number of rotatable bonds is 20. The Morgan fingerprint density at radius 1 is 0.724 bits per heavy atom. The molecule has 1 unspecified atom stereocenters. The zero-order chi connectivity index (χ0) is 21.7. The minimum Gasteiger partial charge on any atom is -0.466 e. The van der Waals surface area contributed by atoms with Gasteiger partial charge in [-0.3, -0.25) is 9.59 Å². The van der Waals surface area contributed by atoms with Crippen molar-refractivity contribution in [2.24, 2.45) is 5.92 Å². The SMILES string of the molecule is CCCCCCCCCCCCN(CCC(=O)OCC)C(=O)C(CC)CCCC. The van der Waals surface area contributed by atoms with Crippen molar-refractivity contribution in [1.82, 2.24) is 4.90 Å². The molecule has 4 heteroatoms. The number of unbranched alkanes of at least 4 members (excludes halogenated alkanes) is 10. The van der Waals surface area contributed by atoms with Crippen LogP contribution in [-0.2, 0) is 14.3 Å². The number of amides is 1. The first kappa shape index (κ1) is 27.9. The summed E-state index contributed by atoms with van der Waals surface area (Å²) in [5.74, 6) is 0.136. The molecule has 0 aromatic heterocycles. The molecule has 0 saturated heterocycles. The summed E-state index contributed by atoms with van der Waals surface area (Å²) < 4.78 is 5.05. The number of ether oxygens (including phenoxy) is 1. The van der Waals surface area contributed by atoms with Crippen LogP contribution in [0.3, 0.4) is 0 Å². The van der Waals surface area contributed by atoms with Crippen molar-refractivity contribution < 1.29 is 14.3 Å². The monoisotopic (exact) mass is 411 g/mol. The van der Waals surface area contributed by atoms with Crippen LogP contribution >= 0.6 is 0 Å². The molecule has 0 heterocycles. The minimum atomic E-state index is -0.199. The highest BCUT2D eigenvalue weighted by Crippen LogP contribution is 2.17. The fraction of sp³-hybridized carbons (Fsp3) is 0.920. The molecule has 172 valence electrons. The maximum atomic E-state index is 13.0. The van der Waals surface area contributed by atoms with E-state index < -0.39 is 0 Å². The van der Waals surface area contributed by atoms with E-state index in [0.717, 1.165) is 38.6 Å². The zero-order valence-electron chi connectivity index (χ0n) is 20.0. The van der Waals surface area contributed by atoms with Gasteiger partial charge in [0.25, 0.3) is 0 Å². The van der Waals surface area contributed by atoms with E-state index in [0.29, 0.717) is 19.6 Å². The molecule has 1 atom stereocenters. The molecule has 29 heavy (non-hydrogen) atoms. The first-order chi connectivity index (χ1) is 14.1. The van der Waals surface area contributed by atoms with E-state index in [1.54, 1.807) is 0 Å². The summed E-state index contributed by atoms with van der Waals surface area (Å²) in [4.78, 5) is 26.7. The predicted octanol–water partition coefficient (Wildman–Crippen LogP) is 6.91. The first-order valence-electron chi connectivity index (χ1n) is 12.5. The molecule has 0 aliphatic carbocycles. The molecular formula is C25H49NO3. The Hall–Kier alpha value is -1.06. The molecule has 0 aliphatic rings. The Balaban J connectivity index is 4.29. The van der Waals surface area contributed by atoms with Crippen molar-refractivity contribution in [1.29, 1.82) is 0 Å². The molecule has 0 radical (unpaired) electrons. The number of hydrogen-bond donors (Lipinski definition) is 0. The maximum absolute atomic E-state index is 13.0. The average molecular weight is 412 g/mol. The molecule has 0 bridgehead atoms. The van der Waals surface area contributed by atoms with Crippen LogP contribution in [0.2, 0.25) is 0 Å². The van der Waals surface area contributed by atoms with Gasteiger partial charge in [0.1, 0.15) is 0 Å². The summed E-state index contributed by atoms with van der Waals surface area (Å²) in [7, 11) is 0. The number of esters is 1. The van der Waals surface area contributed by atoms with Gasteiger partial charge >= 0.3 is 5.97 Å². The van der Waals surface area contributed by atoms with Gasteiger partial charge < -0.3 is 9.64 Å². The Morgan fingerprint density at radius 3 is 1.79 bits per heavy atom. The lowest BCUT2D eigenvalue weighted by molar-refractivity contribution is -0.144. The molecule has 4 nitrogen and oxygen atoms in total. The van der Waals surface area contributed by atoms with Crippen molar-refractivity contribution in [3.05, 3.63) is 0 Å². The van der Waals surface area contributed by atoms with Crippen molar-refractivity contribution in [2.75, 3.05) is 19.7 Å². The number of carbonyl (C=O) groups excluding carboxylic acids is 2. The lowest BCUT2D eigenvalue weighted by Gasteiger charge is -2.27. The fourth-order valence-corrected chi connectivity index (χ4v) is 3.79. The Bertz CT molecular complexity index is 398. The Labute approximate surface area is 181 Å². The van der Waals surface area contributed by atoms with E-state index in [1.807, 2.05) is 11.8 Å². The third-order valence-electron chi connectivity index (χ3n) is 5.73. The smallest absolute Gasteiger partial charge is 0.307 e. The molecule has 0 saturated carbocycles. The highest BCUT2D eigenvalue weighted by Gasteiger charge is 2.22. The van der Waals surface area contributed by atoms with Crippen molar-refractivity contribution >= 4 is 11.9 Å². The van der Waals surface area contributed by atoms with Gasteiger partial charge in [-0.05, 0) is 26.2 Å². The third-order valence-corrected chi connectivity index (χ3v) is 5.73. The topological polar surface area (TPSA) is 46.6 Å². The van der Waals surface area contributed by atoms with E-state index in [9.17, 15) is 9.59 Å². The van der Waals surface area contributed by atoms with Crippen LogP contribution in [0.25, 0.3) is 0 Å². The molecule has 0 rings (SSSR count). The Morgan fingerprint density at radius 2 is 1.28 bits per heavy atom. The normalized spacial score (nSPS) is 12.0. The largest absolute Gasteiger partial charge is 0.466 e. The summed E-state index contributed by atoms with van der Waals surface area (Å²) in [6.45, 7) is 10.0. The number of nitrogens with zero attached hydrogens (tertiary/aromatic N) is 1. The first-order valence-corrected chi connectivity index (χ1v) is 12.5. The lowest BCUT2D eigenvalue weighted by atomic mass is 9.97. The van der Waals surface area contributed by atoms with Crippen LogP contribution in [0.15, 0.2) is 0 Å². The molecule has 0 aliphatic heterocycles. The highest BCUT2D eigenvalue weighted by molar-refractivity contribution is 5.79. The second kappa shape index (κ2) is 20.2. The highest BCUT2D eigenvalue weighted by atomic mass is 16.5. The van der Waals surface area contributed by atoms with Crippen LogP contribution < -0.4 is 0 Å². The van der Waals surface area contributed by atoms with Gasteiger partial charge in [-0.1, -0.05) is 91.4 Å². The van der Waals surface area contributed by atoms with Gasteiger partial charge in [0.15, 0.2) is 0 Å². The molecule has 0 spiro atoms. The van der Waals surface area contributed by atoms with E-state index in [1.165, 1.54) is 57.8 Å². The molecule has 0 fully saturated rings. The lowest BCUT2D eigenvalue weighted by Crippen LogP contribution is -2.38. The molecule has 1 amide bonds. The van der Waals surface area contributed by atoms with E-state index in [2.05, 4.69) is 20.8 Å². The van der Waals surface area contributed by atoms with Gasteiger partial charge in [0.05, 0.1) is 13.0 Å². The Kier molecular flexibility index (Phi) is 19.5. The quantitative estimate of drug-likeness (QED) is 0.162. The van der Waals surface area contributed by atoms with Crippen LogP contribution in [0.5, 0.6) is 0 Å². The van der Waals surface area contributed by atoms with E-state index in [-0.39, 0.29) is 17.8 Å². The average Bonchev–Trinajstić information content (AvgIpc) is 2.72. The molecule has 0 aromatic rings. The van der Waals surface area contributed by atoms with Crippen LogP contribution in [0, 0.1) is 5.92 Å². The van der Waals surface area contributed by atoms with Crippen LogP contribution in [0.1, 0.15) is 124 Å². The summed E-state index contributed by atoms with van der Waals surface area (Å²) >= 11 is 0. The molecule has 0 aromatic carbocycles. The van der Waals surface area contributed by atoms with Crippen molar-refractivity contribution in [3.8, 4) is 0 Å². The van der Waals surface area contributed by atoms with Gasteiger partial charge in [-0.25, -0.2) is 0 Å². The number of carbonyl (C=O) groups is 2. The van der Waals surface area contributed by atoms with Gasteiger partial charge in [0.2, 0.25) is 5.91 Å². The van der Waals surface area contributed by atoms with Crippen molar-refractivity contribution in [2.45, 2.75) is 124 Å². The van der Waals surface area contributed by atoms with Crippen LogP contribution in [0.4, 0.5) is 0 Å². The predicted molar refractivity (Wildman–Crippen MR) is 123 cm³/mol. The van der Waals surface area contributed by atoms with E-state index in [4.69, 9.17) is 4.74 Å². The van der Waals surface area contributed by atoms with Gasteiger partial charge in [-0.2, -0.15) is 0 Å². The maximum Gasteiger partial charge on any atom is 0.307 e. The minimum absolute atomic E-state index is 0.0975. The van der Waals surface area contributed by atoms with Crippen LogP contribution in [-0.4, -0.2) is 36.5 Å². The molecule has 0 N–H and O–H groups in total. The summed E-state index contributed by atoms with van der Waals surface area (Å²) in [6, 6.07) is 0. The molecular weight excluding hydrogens is 362 g/mol. The second-order valence-corrected chi connectivity index (χ2v) is 8.31. The third kappa shape index (κ3) is 15.4. The summed E-state index contributed by atoms with van der Waals surface area (Å²) in [5, 5.41) is 0. The van der Waals surface area contributed by atoms with Gasteiger partial charge in [-0.15, -0.1) is 0 Å². The zero-order valence-corrected chi connectivity index (χ0v) is 20.0.